The van der Waals surface area contributed by atoms with E-state index < -0.39 is 0 Å². The zero-order chi connectivity index (χ0) is 23.1. The number of benzene rings is 2. The molecule has 0 saturated carbocycles. The smallest absolute Gasteiger partial charge is 0.208 e. The maximum Gasteiger partial charge on any atom is 0.208 e. The second kappa shape index (κ2) is 10.9. The van der Waals surface area contributed by atoms with Gasteiger partial charge in [-0.3, -0.25) is 4.79 Å². The molecule has 0 fully saturated rings. The first-order chi connectivity index (χ1) is 14.8. The van der Waals surface area contributed by atoms with E-state index in [-0.39, 0.29) is 22.8 Å². The normalized spacial score (nSPS) is 11.0. The first kappa shape index (κ1) is 24.4. The van der Waals surface area contributed by atoms with E-state index in [4.69, 9.17) is 23.7 Å². The van der Waals surface area contributed by atoms with Crippen molar-refractivity contribution in [3.8, 4) is 28.7 Å². The molecular formula is C23H28BrNO6. The summed E-state index contributed by atoms with van der Waals surface area (Å²) >= 11 is 3.42. The Hall–Kier alpha value is -2.87. The lowest BCUT2D eigenvalue weighted by molar-refractivity contribution is 0.104. The van der Waals surface area contributed by atoms with Crippen LogP contribution in [-0.2, 0) is 0 Å². The topological polar surface area (TPSA) is 66.5 Å². The van der Waals surface area contributed by atoms with Crippen molar-refractivity contribution in [2.24, 2.45) is 0 Å². The molecule has 0 spiro atoms. The Morgan fingerprint density at radius 1 is 0.935 bits per heavy atom. The molecule has 31 heavy (non-hydrogen) atoms. The number of nitrogens with zero attached hydrogens (tertiary/aromatic N) is 1. The highest BCUT2D eigenvalue weighted by molar-refractivity contribution is 9.12. The van der Waals surface area contributed by atoms with Gasteiger partial charge >= 0.3 is 0 Å². The minimum absolute atomic E-state index is 0.260. The molecule has 0 aromatic heterocycles. The Morgan fingerprint density at radius 2 is 1.58 bits per heavy atom. The summed E-state index contributed by atoms with van der Waals surface area (Å²) < 4.78 is 27.7. The molecule has 168 valence electrons. The monoisotopic (exact) mass is 493 g/mol. The van der Waals surface area contributed by atoms with Crippen LogP contribution in [0.4, 0.5) is 5.69 Å². The van der Waals surface area contributed by atoms with Gasteiger partial charge in [-0.2, -0.15) is 0 Å². The molecule has 0 saturated heterocycles. The summed E-state index contributed by atoms with van der Waals surface area (Å²) in [6, 6.07) is 7.29. The predicted octanol–water partition coefficient (Wildman–Crippen LogP) is 4.80. The van der Waals surface area contributed by atoms with Crippen LogP contribution in [-0.4, -0.2) is 54.9 Å². The van der Waals surface area contributed by atoms with Gasteiger partial charge < -0.3 is 28.6 Å². The molecule has 2 rings (SSSR count). The highest BCUT2D eigenvalue weighted by Gasteiger charge is 2.26. The van der Waals surface area contributed by atoms with E-state index >= 15 is 0 Å². The molecule has 0 aliphatic heterocycles. The summed E-state index contributed by atoms with van der Waals surface area (Å²) in [5.41, 5.74) is 2.02. The van der Waals surface area contributed by atoms with E-state index in [1.54, 1.807) is 12.1 Å². The lowest BCUT2D eigenvalue weighted by Crippen LogP contribution is -2.11. The third-order valence-electron chi connectivity index (χ3n) is 4.51. The van der Waals surface area contributed by atoms with Crippen LogP contribution in [0.1, 0.15) is 22.8 Å². The molecule has 0 amide bonds. The number of anilines is 1. The van der Waals surface area contributed by atoms with Crippen LogP contribution in [0.5, 0.6) is 28.7 Å². The second-order valence-corrected chi connectivity index (χ2v) is 7.46. The zero-order valence-corrected chi connectivity index (χ0v) is 20.5. The number of carbonyl (C=O) groups excluding carboxylic acids is 1. The predicted molar refractivity (Wildman–Crippen MR) is 126 cm³/mol. The third-order valence-corrected chi connectivity index (χ3v) is 5.10. The molecule has 0 aliphatic rings. The average Bonchev–Trinajstić information content (AvgIpc) is 2.77. The lowest BCUT2D eigenvalue weighted by Gasteiger charge is -2.18. The van der Waals surface area contributed by atoms with E-state index in [0.29, 0.717) is 22.6 Å². The van der Waals surface area contributed by atoms with Gasteiger partial charge in [-0.25, -0.2) is 0 Å². The van der Waals surface area contributed by atoms with Gasteiger partial charge in [0.2, 0.25) is 17.3 Å². The van der Waals surface area contributed by atoms with Gasteiger partial charge in [-0.15, -0.1) is 0 Å². The number of ether oxygens (including phenoxy) is 5. The minimum atomic E-state index is -0.295. The molecule has 7 nitrogen and oxygen atoms in total. The largest absolute Gasteiger partial charge is 0.493 e. The van der Waals surface area contributed by atoms with Crippen molar-refractivity contribution >= 4 is 33.5 Å². The maximum atomic E-state index is 13.3. The van der Waals surface area contributed by atoms with E-state index in [0.717, 1.165) is 17.0 Å². The summed E-state index contributed by atoms with van der Waals surface area (Å²) in [6.45, 7) is 2.51. The third kappa shape index (κ3) is 5.25. The number of hydrogen-bond acceptors (Lipinski definition) is 7. The van der Waals surface area contributed by atoms with Crippen LogP contribution in [0.2, 0.25) is 0 Å². The molecule has 0 atom stereocenters. The number of rotatable bonds is 10. The fraction of sp³-hybridized carbons (Fsp3) is 0.348. The molecule has 0 aliphatic carbocycles. The fourth-order valence-corrected chi connectivity index (χ4v) is 3.57. The number of carbonyl (C=O) groups is 1. The van der Waals surface area contributed by atoms with Crippen LogP contribution in [0, 0.1) is 0 Å². The van der Waals surface area contributed by atoms with Crippen LogP contribution in [0.25, 0.3) is 6.08 Å². The first-order valence-electron chi connectivity index (χ1n) is 9.55. The molecule has 0 unspecified atom stereocenters. The molecule has 8 heteroatoms. The lowest BCUT2D eigenvalue weighted by atomic mass is 10.1. The number of ketones is 1. The van der Waals surface area contributed by atoms with Gasteiger partial charge in [-0.1, -0.05) is 6.07 Å². The van der Waals surface area contributed by atoms with Gasteiger partial charge in [-0.05, 0) is 52.7 Å². The van der Waals surface area contributed by atoms with Crippen molar-refractivity contribution in [3.63, 3.8) is 0 Å². The number of Topliss-reactive ketones (excluding diaryl/α,β-unsaturated/α-hetero) is 1. The Bertz CT molecular complexity index is 971. The maximum absolute atomic E-state index is 13.3. The van der Waals surface area contributed by atoms with E-state index in [2.05, 4.69) is 15.9 Å². The Kier molecular flexibility index (Phi) is 8.62. The quantitative estimate of drug-likeness (QED) is 0.347. The van der Waals surface area contributed by atoms with Crippen LogP contribution < -0.4 is 28.6 Å². The molecular weight excluding hydrogens is 466 g/mol. The van der Waals surface area contributed by atoms with E-state index in [9.17, 15) is 4.79 Å². The summed E-state index contributed by atoms with van der Waals surface area (Å²) in [5, 5.41) is 0. The highest BCUT2D eigenvalue weighted by atomic mass is 79.9. The number of allylic oxidation sites excluding steroid dienone is 1. The summed E-state index contributed by atoms with van der Waals surface area (Å²) in [4.78, 5) is 15.2. The molecule has 0 radical (unpaired) electrons. The van der Waals surface area contributed by atoms with Gasteiger partial charge in [0, 0.05) is 14.1 Å². The number of hydrogen-bond donors (Lipinski definition) is 0. The molecule has 0 N–H and O–H groups in total. The van der Waals surface area contributed by atoms with Crippen LogP contribution in [0.3, 0.4) is 0 Å². The minimum Gasteiger partial charge on any atom is -0.493 e. The van der Waals surface area contributed by atoms with Crippen LogP contribution in [0.15, 0.2) is 28.7 Å². The standard InChI is InChI=1S/C23H28BrNO6/c1-8-31-18-10-9-14(12-17(18)25(2)3)11-16(24)20(26)15-13-19(27-4)22(29-6)23(30-7)21(15)28-5/h9-13H,8H2,1-7H3. The van der Waals surface area contributed by atoms with Crippen molar-refractivity contribution in [1.82, 2.24) is 0 Å². The molecule has 0 heterocycles. The van der Waals surface area contributed by atoms with Gasteiger partial charge in [0.15, 0.2) is 11.5 Å². The fourth-order valence-electron chi connectivity index (χ4n) is 3.09. The molecule has 2 aromatic carbocycles. The van der Waals surface area contributed by atoms with Crippen molar-refractivity contribution in [1.29, 1.82) is 0 Å². The SMILES string of the molecule is CCOc1ccc(C=C(Br)C(=O)c2cc(OC)c(OC)c(OC)c2OC)cc1N(C)C. The Morgan fingerprint density at radius 3 is 2.10 bits per heavy atom. The highest BCUT2D eigenvalue weighted by Crippen LogP contribution is 2.47. The summed E-state index contributed by atoms with van der Waals surface area (Å²) in [5.74, 6) is 1.73. The van der Waals surface area contributed by atoms with Gasteiger partial charge in [0.05, 0.1) is 50.8 Å². The Labute approximate surface area is 191 Å². The summed E-state index contributed by atoms with van der Waals surface area (Å²) in [6.07, 6.45) is 1.74. The van der Waals surface area contributed by atoms with Crippen molar-refractivity contribution in [2.45, 2.75) is 6.92 Å². The Balaban J connectivity index is 2.54. The van der Waals surface area contributed by atoms with Crippen molar-refractivity contribution in [3.05, 3.63) is 39.9 Å². The zero-order valence-electron chi connectivity index (χ0n) is 18.9. The van der Waals surface area contributed by atoms with Crippen molar-refractivity contribution in [2.75, 3.05) is 54.0 Å². The van der Waals surface area contributed by atoms with Gasteiger partial charge in [0.1, 0.15) is 5.75 Å². The van der Waals surface area contributed by atoms with E-state index in [1.165, 1.54) is 28.4 Å². The second-order valence-electron chi connectivity index (χ2n) is 6.60. The average molecular weight is 494 g/mol. The number of halogens is 1. The van der Waals surface area contributed by atoms with E-state index in [1.807, 2.05) is 44.1 Å². The summed E-state index contributed by atoms with van der Waals surface area (Å²) in [7, 11) is 9.80. The van der Waals surface area contributed by atoms with Gasteiger partial charge in [0.25, 0.3) is 0 Å². The molecule has 2 aromatic rings. The molecule has 0 bridgehead atoms. The van der Waals surface area contributed by atoms with Crippen LogP contribution >= 0.6 is 15.9 Å². The number of methoxy groups -OCH3 is 4. The first-order valence-corrected chi connectivity index (χ1v) is 10.3. The van der Waals surface area contributed by atoms with Crippen molar-refractivity contribution < 1.29 is 28.5 Å².